The average Bonchev–Trinajstić information content (AvgIpc) is 2.86. The number of halogens is 2. The highest BCUT2D eigenvalue weighted by atomic mass is 35.5. The van der Waals surface area contributed by atoms with E-state index in [4.69, 9.17) is 23.2 Å². The first-order chi connectivity index (χ1) is 8.48. The van der Waals surface area contributed by atoms with Crippen molar-refractivity contribution in [1.29, 1.82) is 0 Å². The van der Waals surface area contributed by atoms with Crippen molar-refractivity contribution in [2.24, 2.45) is 0 Å². The van der Waals surface area contributed by atoms with Crippen LogP contribution in [0.3, 0.4) is 0 Å². The van der Waals surface area contributed by atoms with E-state index in [1.165, 1.54) is 12.1 Å². The number of nitrogens with zero attached hydrogens (tertiary/aromatic N) is 1. The zero-order valence-corrected chi connectivity index (χ0v) is 11.2. The number of alkyl halides is 2. The summed E-state index contributed by atoms with van der Waals surface area (Å²) in [5.74, 6) is -0.367. The molecule has 0 bridgehead atoms. The number of hydrogen-bond donors (Lipinski definition) is 2. The van der Waals surface area contributed by atoms with Gasteiger partial charge in [-0.15, -0.1) is 23.2 Å². The summed E-state index contributed by atoms with van der Waals surface area (Å²) in [7, 11) is 0. The SMILES string of the molecule is CCC(CCl)(CCl)NC(=O)c1ccc([N+](=O)[O-])[nH]1. The van der Waals surface area contributed by atoms with Crippen LogP contribution in [0.2, 0.25) is 0 Å². The summed E-state index contributed by atoms with van der Waals surface area (Å²) in [4.78, 5) is 24.2. The van der Waals surface area contributed by atoms with Gasteiger partial charge in [-0.1, -0.05) is 6.92 Å². The van der Waals surface area contributed by atoms with Gasteiger partial charge in [-0.3, -0.25) is 4.79 Å². The Morgan fingerprint density at radius 3 is 2.50 bits per heavy atom. The van der Waals surface area contributed by atoms with E-state index < -0.39 is 16.4 Å². The Morgan fingerprint density at radius 1 is 1.50 bits per heavy atom. The van der Waals surface area contributed by atoms with Gasteiger partial charge in [-0.05, 0) is 17.4 Å². The molecule has 100 valence electrons. The van der Waals surface area contributed by atoms with Crippen LogP contribution in [0, 0.1) is 10.1 Å². The Kier molecular flexibility index (Phi) is 4.98. The van der Waals surface area contributed by atoms with Crippen LogP contribution in [0.5, 0.6) is 0 Å². The van der Waals surface area contributed by atoms with Crippen molar-refractivity contribution in [3.8, 4) is 0 Å². The standard InChI is InChI=1S/C10H13Cl2N3O3/c1-2-10(5-11,6-12)14-9(16)7-3-4-8(13-7)15(17)18/h3-4,13H,2,5-6H2,1H3,(H,14,16). The first kappa shape index (κ1) is 14.8. The number of aromatic nitrogens is 1. The third-order valence-electron chi connectivity index (χ3n) is 2.68. The Labute approximate surface area is 114 Å². The van der Waals surface area contributed by atoms with E-state index in [0.29, 0.717) is 6.42 Å². The molecule has 0 fully saturated rings. The topological polar surface area (TPSA) is 88.0 Å². The van der Waals surface area contributed by atoms with Crippen LogP contribution in [0.1, 0.15) is 23.8 Å². The maximum Gasteiger partial charge on any atom is 0.321 e. The van der Waals surface area contributed by atoms with Crippen LogP contribution in [0.4, 0.5) is 5.82 Å². The number of carbonyl (C=O) groups is 1. The fourth-order valence-corrected chi connectivity index (χ4v) is 2.11. The Morgan fingerprint density at radius 2 is 2.11 bits per heavy atom. The van der Waals surface area contributed by atoms with Crippen molar-refractivity contribution >= 4 is 34.9 Å². The van der Waals surface area contributed by atoms with E-state index in [1.807, 2.05) is 6.92 Å². The molecule has 0 aromatic carbocycles. The van der Waals surface area contributed by atoms with Gasteiger partial charge in [0, 0.05) is 17.8 Å². The smallest absolute Gasteiger partial charge is 0.321 e. The Hall–Kier alpha value is -1.27. The molecule has 0 aliphatic rings. The molecule has 0 aliphatic heterocycles. The molecule has 0 unspecified atom stereocenters. The number of rotatable bonds is 6. The van der Waals surface area contributed by atoms with Crippen LogP contribution in [0.15, 0.2) is 12.1 Å². The van der Waals surface area contributed by atoms with Crippen molar-refractivity contribution in [3.05, 3.63) is 27.9 Å². The lowest BCUT2D eigenvalue weighted by atomic mass is 10.0. The van der Waals surface area contributed by atoms with Gasteiger partial charge in [-0.2, -0.15) is 0 Å². The van der Waals surface area contributed by atoms with Gasteiger partial charge >= 0.3 is 5.82 Å². The second kappa shape index (κ2) is 6.06. The maximum absolute atomic E-state index is 11.9. The quantitative estimate of drug-likeness (QED) is 0.479. The monoisotopic (exact) mass is 293 g/mol. The lowest BCUT2D eigenvalue weighted by Gasteiger charge is -2.28. The summed E-state index contributed by atoms with van der Waals surface area (Å²) in [5.41, 5.74) is -0.602. The summed E-state index contributed by atoms with van der Waals surface area (Å²) in [5, 5.41) is 13.2. The third-order valence-corrected chi connectivity index (χ3v) is 3.70. The molecule has 0 atom stereocenters. The number of carbonyl (C=O) groups excluding carboxylic acids is 1. The van der Waals surface area contributed by atoms with E-state index in [-0.39, 0.29) is 23.3 Å². The van der Waals surface area contributed by atoms with Gasteiger partial charge in [0.25, 0.3) is 5.91 Å². The van der Waals surface area contributed by atoms with Crippen LogP contribution >= 0.6 is 23.2 Å². The van der Waals surface area contributed by atoms with Crippen molar-refractivity contribution < 1.29 is 9.72 Å². The first-order valence-corrected chi connectivity index (χ1v) is 6.32. The van der Waals surface area contributed by atoms with Crippen molar-refractivity contribution in [1.82, 2.24) is 10.3 Å². The predicted octanol–water partition coefficient (Wildman–Crippen LogP) is 2.28. The normalized spacial score (nSPS) is 11.3. The number of hydrogen-bond acceptors (Lipinski definition) is 3. The fourth-order valence-electron chi connectivity index (χ4n) is 1.31. The molecule has 18 heavy (non-hydrogen) atoms. The molecule has 1 aromatic heterocycles. The zero-order valence-electron chi connectivity index (χ0n) is 9.70. The van der Waals surface area contributed by atoms with E-state index in [1.54, 1.807) is 0 Å². The molecule has 0 saturated carbocycles. The molecule has 0 radical (unpaired) electrons. The molecule has 0 aliphatic carbocycles. The van der Waals surface area contributed by atoms with Crippen LogP contribution < -0.4 is 5.32 Å². The first-order valence-electron chi connectivity index (χ1n) is 5.26. The molecule has 8 heteroatoms. The minimum atomic E-state index is -0.708. The molecule has 1 rings (SSSR count). The number of H-pyrrole nitrogens is 1. The highest BCUT2D eigenvalue weighted by molar-refractivity contribution is 6.22. The van der Waals surface area contributed by atoms with Crippen molar-refractivity contribution in [2.75, 3.05) is 11.8 Å². The zero-order chi connectivity index (χ0) is 13.8. The molecular formula is C10H13Cl2N3O3. The van der Waals surface area contributed by atoms with E-state index in [0.717, 1.165) is 0 Å². The van der Waals surface area contributed by atoms with Crippen LogP contribution in [0.25, 0.3) is 0 Å². The summed E-state index contributed by atoms with van der Waals surface area (Å²) in [6.45, 7) is 1.85. The fraction of sp³-hybridized carbons (Fsp3) is 0.500. The van der Waals surface area contributed by atoms with Gasteiger partial charge < -0.3 is 15.4 Å². The molecule has 1 aromatic rings. The van der Waals surface area contributed by atoms with Gasteiger partial charge in [0.15, 0.2) is 5.69 Å². The maximum atomic E-state index is 11.9. The van der Waals surface area contributed by atoms with Gasteiger partial charge in [0.05, 0.1) is 5.54 Å². The minimum absolute atomic E-state index is 0.106. The summed E-state index contributed by atoms with van der Waals surface area (Å²) in [6, 6.07) is 2.57. The van der Waals surface area contributed by atoms with Crippen LogP contribution in [-0.4, -0.2) is 33.1 Å². The molecule has 1 amide bonds. The summed E-state index contributed by atoms with van der Waals surface area (Å²) >= 11 is 11.6. The van der Waals surface area contributed by atoms with Crippen molar-refractivity contribution in [3.63, 3.8) is 0 Å². The molecule has 0 spiro atoms. The van der Waals surface area contributed by atoms with E-state index in [9.17, 15) is 14.9 Å². The Balaban J connectivity index is 2.84. The van der Waals surface area contributed by atoms with E-state index in [2.05, 4.69) is 10.3 Å². The summed E-state index contributed by atoms with van der Waals surface area (Å²) < 4.78 is 0. The Bertz CT molecular complexity index is 435. The number of aromatic amines is 1. The van der Waals surface area contributed by atoms with Crippen LogP contribution in [-0.2, 0) is 0 Å². The molecular weight excluding hydrogens is 281 g/mol. The molecule has 6 nitrogen and oxygen atoms in total. The summed E-state index contributed by atoms with van der Waals surface area (Å²) in [6.07, 6.45) is 0.564. The van der Waals surface area contributed by atoms with Gasteiger partial charge in [0.1, 0.15) is 0 Å². The lowest BCUT2D eigenvalue weighted by molar-refractivity contribution is -0.389. The lowest BCUT2D eigenvalue weighted by Crippen LogP contribution is -2.51. The highest BCUT2D eigenvalue weighted by Gasteiger charge is 2.30. The van der Waals surface area contributed by atoms with Gasteiger partial charge in [-0.25, -0.2) is 4.98 Å². The second-order valence-corrected chi connectivity index (χ2v) is 4.40. The van der Waals surface area contributed by atoms with E-state index >= 15 is 0 Å². The number of nitro groups is 1. The average molecular weight is 294 g/mol. The van der Waals surface area contributed by atoms with Crippen molar-refractivity contribution in [2.45, 2.75) is 18.9 Å². The van der Waals surface area contributed by atoms with Gasteiger partial charge in [0.2, 0.25) is 0 Å². The minimum Gasteiger partial charge on any atom is -0.358 e. The second-order valence-electron chi connectivity index (χ2n) is 3.87. The predicted molar refractivity (Wildman–Crippen MR) is 69.4 cm³/mol. The molecule has 0 saturated heterocycles. The largest absolute Gasteiger partial charge is 0.358 e. The highest BCUT2D eigenvalue weighted by Crippen LogP contribution is 2.17. The molecule has 1 heterocycles. The molecule has 2 N–H and O–H groups in total. The number of amides is 1. The number of nitrogens with one attached hydrogen (secondary N) is 2. The third kappa shape index (κ3) is 3.14.